The quantitative estimate of drug-likeness (QED) is 0.250. The van der Waals surface area contributed by atoms with Crippen LogP contribution in [-0.2, 0) is 11.3 Å². The fraction of sp³-hybridized carbons (Fsp3) is 0.290. The predicted octanol–water partition coefficient (Wildman–Crippen LogP) is 4.89. The first kappa shape index (κ1) is 26.6. The van der Waals surface area contributed by atoms with Gasteiger partial charge in [-0.3, -0.25) is 0 Å². The molecule has 0 bridgehead atoms. The molecule has 1 aliphatic heterocycles. The number of hydrogen-bond donors (Lipinski definition) is 3. The molecule has 5 rings (SSSR count). The second-order valence-corrected chi connectivity index (χ2v) is 9.77. The maximum Gasteiger partial charge on any atom is 0.328 e. The Morgan fingerprint density at radius 2 is 1.92 bits per heavy atom. The molecule has 8 heteroatoms. The van der Waals surface area contributed by atoms with E-state index in [0.717, 1.165) is 60.0 Å². The highest BCUT2D eigenvalue weighted by atomic mass is 16.5. The predicted molar refractivity (Wildman–Crippen MR) is 150 cm³/mol. The van der Waals surface area contributed by atoms with E-state index in [-0.39, 0.29) is 0 Å². The van der Waals surface area contributed by atoms with E-state index < -0.39 is 12.1 Å². The van der Waals surface area contributed by atoms with Crippen LogP contribution in [0.15, 0.2) is 77.2 Å². The smallest absolute Gasteiger partial charge is 0.328 e. The number of hydrogen-bond acceptors (Lipinski definition) is 7. The van der Waals surface area contributed by atoms with Gasteiger partial charge in [0.2, 0.25) is 5.88 Å². The number of ether oxygens (including phenoxy) is 1. The summed E-state index contributed by atoms with van der Waals surface area (Å²) in [5.41, 5.74) is 3.10. The number of methoxy groups -OCH3 is 1. The zero-order chi connectivity index (χ0) is 27.2. The van der Waals surface area contributed by atoms with E-state index in [1.165, 1.54) is 6.08 Å². The third-order valence-electron chi connectivity index (χ3n) is 7.17. The summed E-state index contributed by atoms with van der Waals surface area (Å²) in [5.74, 6) is 1.22. The van der Waals surface area contributed by atoms with Crippen molar-refractivity contribution >= 4 is 22.9 Å². The average molecular weight is 528 g/mol. The molecule has 0 aliphatic carbocycles. The molecule has 1 aliphatic rings. The topological polar surface area (TPSA) is 108 Å². The summed E-state index contributed by atoms with van der Waals surface area (Å²) < 4.78 is 11.3. The molecule has 4 aromatic rings. The summed E-state index contributed by atoms with van der Waals surface area (Å²) >= 11 is 0. The number of nitrogens with zero attached hydrogens (tertiary/aromatic N) is 2. The number of likely N-dealkylation sites (tertiary alicyclic amines) is 1. The lowest BCUT2D eigenvalue weighted by Gasteiger charge is -2.33. The summed E-state index contributed by atoms with van der Waals surface area (Å²) in [7, 11) is 1.55. The molecule has 202 valence electrons. The monoisotopic (exact) mass is 527 g/mol. The minimum atomic E-state index is -1.02. The molecule has 2 aromatic heterocycles. The Morgan fingerprint density at radius 3 is 2.67 bits per heavy atom. The van der Waals surface area contributed by atoms with Crippen molar-refractivity contribution in [3.63, 3.8) is 0 Å². The van der Waals surface area contributed by atoms with Gasteiger partial charge in [0.15, 0.2) is 0 Å². The molecular weight excluding hydrogens is 494 g/mol. The van der Waals surface area contributed by atoms with E-state index in [0.29, 0.717) is 36.1 Å². The van der Waals surface area contributed by atoms with Crippen LogP contribution < -0.4 is 10.1 Å². The second kappa shape index (κ2) is 12.3. The van der Waals surface area contributed by atoms with Gasteiger partial charge < -0.3 is 29.6 Å². The number of aromatic nitrogens is 1. The normalized spacial score (nSPS) is 15.6. The van der Waals surface area contributed by atoms with E-state index in [4.69, 9.17) is 14.3 Å². The zero-order valence-electron chi connectivity index (χ0n) is 21.9. The van der Waals surface area contributed by atoms with E-state index in [9.17, 15) is 9.90 Å². The van der Waals surface area contributed by atoms with Gasteiger partial charge in [0, 0.05) is 41.2 Å². The number of furan rings is 1. The SMILES string of the molecule is COc1ccc2c(/C=C/C(=O)O)ccc(C(O)CN3CCC(NCc4ccc(-c5ccccc5)o4)CC3)c2n1. The number of piperidine rings is 1. The van der Waals surface area contributed by atoms with Crippen LogP contribution in [0.5, 0.6) is 5.88 Å². The first-order valence-electron chi connectivity index (χ1n) is 13.2. The molecule has 2 aromatic carbocycles. The van der Waals surface area contributed by atoms with Crippen LogP contribution in [0, 0.1) is 0 Å². The Labute approximate surface area is 227 Å². The van der Waals surface area contributed by atoms with Crippen molar-refractivity contribution in [2.75, 3.05) is 26.7 Å². The van der Waals surface area contributed by atoms with Gasteiger partial charge in [-0.1, -0.05) is 42.5 Å². The number of nitrogens with one attached hydrogen (secondary N) is 1. The maximum atomic E-state index is 11.2. The van der Waals surface area contributed by atoms with Crippen LogP contribution in [0.1, 0.15) is 35.8 Å². The van der Waals surface area contributed by atoms with Crippen LogP contribution >= 0.6 is 0 Å². The largest absolute Gasteiger partial charge is 0.481 e. The fourth-order valence-electron chi connectivity index (χ4n) is 5.07. The Hall–Kier alpha value is -3.98. The molecule has 39 heavy (non-hydrogen) atoms. The molecule has 0 radical (unpaired) electrons. The summed E-state index contributed by atoms with van der Waals surface area (Å²) in [6.07, 6.45) is 3.85. The van der Waals surface area contributed by atoms with E-state index >= 15 is 0 Å². The van der Waals surface area contributed by atoms with Gasteiger partial charge in [-0.2, -0.15) is 0 Å². The van der Waals surface area contributed by atoms with Crippen molar-refractivity contribution in [3.05, 3.63) is 89.7 Å². The number of carboxylic acids is 1. The lowest BCUT2D eigenvalue weighted by atomic mass is 9.98. The summed E-state index contributed by atoms with van der Waals surface area (Å²) in [6, 6.07) is 21.7. The van der Waals surface area contributed by atoms with Gasteiger partial charge >= 0.3 is 5.97 Å². The third-order valence-corrected chi connectivity index (χ3v) is 7.17. The molecular formula is C31H33N3O5. The van der Waals surface area contributed by atoms with E-state index in [1.54, 1.807) is 13.2 Å². The highest BCUT2D eigenvalue weighted by Crippen LogP contribution is 2.30. The fourth-order valence-corrected chi connectivity index (χ4v) is 5.07. The van der Waals surface area contributed by atoms with E-state index in [1.807, 2.05) is 60.7 Å². The van der Waals surface area contributed by atoms with Crippen molar-refractivity contribution in [1.29, 1.82) is 0 Å². The van der Waals surface area contributed by atoms with Crippen LogP contribution in [0.25, 0.3) is 28.3 Å². The number of aliphatic carboxylic acids is 1. The number of pyridine rings is 1. The number of β-amino-alcohol motifs (C(OH)–C–C–N with tert-alkyl or cyclic N) is 1. The van der Waals surface area contributed by atoms with Crippen molar-refractivity contribution in [3.8, 4) is 17.2 Å². The Kier molecular flexibility index (Phi) is 8.36. The highest BCUT2D eigenvalue weighted by molar-refractivity contribution is 5.94. The average Bonchev–Trinajstić information content (AvgIpc) is 3.44. The van der Waals surface area contributed by atoms with Gasteiger partial charge in [0.05, 0.1) is 25.3 Å². The van der Waals surface area contributed by atoms with Gasteiger partial charge in [0.1, 0.15) is 11.5 Å². The lowest BCUT2D eigenvalue weighted by molar-refractivity contribution is -0.131. The number of benzene rings is 2. The van der Waals surface area contributed by atoms with Crippen molar-refractivity contribution in [1.82, 2.24) is 15.2 Å². The van der Waals surface area contributed by atoms with Crippen LogP contribution in [0.4, 0.5) is 0 Å². The Bertz CT molecular complexity index is 1440. The number of rotatable bonds is 10. The molecule has 3 heterocycles. The van der Waals surface area contributed by atoms with Crippen LogP contribution in [0.2, 0.25) is 0 Å². The Morgan fingerprint density at radius 1 is 1.13 bits per heavy atom. The molecule has 8 nitrogen and oxygen atoms in total. The minimum absolute atomic E-state index is 0.385. The standard InChI is InChI=1S/C31H33N3O5/c1-38-29-13-11-25-21(8-14-30(36)37)7-10-26(31(25)33-29)27(35)20-34-17-15-23(16-18-34)32-19-24-9-12-28(39-24)22-5-3-2-4-6-22/h2-14,23,27,32,35H,15-20H2,1H3,(H,36,37)/b14-8+. The number of aliphatic hydroxyl groups is 1. The third kappa shape index (κ3) is 6.54. The summed E-state index contributed by atoms with van der Waals surface area (Å²) in [4.78, 5) is 17.9. The Balaban J connectivity index is 1.18. The molecule has 1 unspecified atom stereocenters. The second-order valence-electron chi connectivity index (χ2n) is 9.77. The number of aliphatic hydroxyl groups excluding tert-OH is 1. The lowest BCUT2D eigenvalue weighted by Crippen LogP contribution is -2.43. The molecule has 0 amide bonds. The van der Waals surface area contributed by atoms with Crippen molar-refractivity contribution in [2.24, 2.45) is 0 Å². The molecule has 0 spiro atoms. The van der Waals surface area contributed by atoms with Crippen LogP contribution in [-0.4, -0.2) is 58.9 Å². The van der Waals surface area contributed by atoms with Crippen molar-refractivity contribution in [2.45, 2.75) is 31.5 Å². The van der Waals surface area contributed by atoms with E-state index in [2.05, 4.69) is 15.2 Å². The number of carboxylic acid groups (broad SMARTS) is 1. The van der Waals surface area contributed by atoms with Crippen molar-refractivity contribution < 1.29 is 24.2 Å². The number of carbonyl (C=O) groups is 1. The summed E-state index contributed by atoms with van der Waals surface area (Å²) in [5, 5.41) is 24.6. The molecule has 0 saturated carbocycles. The molecule has 1 atom stereocenters. The zero-order valence-corrected chi connectivity index (χ0v) is 21.9. The first-order chi connectivity index (χ1) is 19.0. The maximum absolute atomic E-state index is 11.2. The highest BCUT2D eigenvalue weighted by Gasteiger charge is 2.23. The number of fused-ring (bicyclic) bond motifs is 1. The minimum Gasteiger partial charge on any atom is -0.481 e. The molecule has 1 fully saturated rings. The van der Waals surface area contributed by atoms with Crippen LogP contribution in [0.3, 0.4) is 0 Å². The van der Waals surface area contributed by atoms with Gasteiger partial charge in [-0.05, 0) is 55.8 Å². The summed E-state index contributed by atoms with van der Waals surface area (Å²) in [6.45, 7) is 2.92. The van der Waals surface area contributed by atoms with Gasteiger partial charge in [0.25, 0.3) is 0 Å². The first-order valence-corrected chi connectivity index (χ1v) is 13.2. The van der Waals surface area contributed by atoms with Gasteiger partial charge in [-0.15, -0.1) is 0 Å². The molecule has 1 saturated heterocycles. The molecule has 3 N–H and O–H groups in total. The van der Waals surface area contributed by atoms with Gasteiger partial charge in [-0.25, -0.2) is 9.78 Å².